The van der Waals surface area contributed by atoms with Crippen molar-refractivity contribution >= 4 is 33.3 Å². The van der Waals surface area contributed by atoms with Gasteiger partial charge in [-0.15, -0.1) is 22.3 Å². The molecule has 2 radical (unpaired) electrons. The molecule has 6 heavy (non-hydrogen) atoms. The first kappa shape index (κ1) is 10.1. The fourth-order valence-corrected chi connectivity index (χ4v) is 0. The molecular formula is C4H10AlBr. The molecule has 0 amide bonds. The van der Waals surface area contributed by atoms with Crippen LogP contribution in [-0.4, -0.2) is 16.3 Å². The Morgan fingerprint density at radius 2 is 1.67 bits per heavy atom. The highest BCUT2D eigenvalue weighted by atomic mass is 79.9. The smallest absolute Gasteiger partial charge is 0.116 e. The minimum absolute atomic E-state index is 0. The zero-order valence-corrected chi connectivity index (χ0v) is 7.14. The quantitative estimate of drug-likeness (QED) is 0.519. The van der Waals surface area contributed by atoms with Gasteiger partial charge < -0.3 is 0 Å². The zero-order chi connectivity index (χ0) is 4.28. The van der Waals surface area contributed by atoms with Gasteiger partial charge in [0.1, 0.15) is 16.3 Å². The van der Waals surface area contributed by atoms with Gasteiger partial charge in [-0.25, -0.2) is 0 Å². The molecule has 0 saturated carbocycles. The fourth-order valence-electron chi connectivity index (χ4n) is 0. The lowest BCUT2D eigenvalue weighted by Crippen LogP contribution is -1.80. The van der Waals surface area contributed by atoms with Crippen molar-refractivity contribution in [2.45, 2.75) is 19.1 Å². The van der Waals surface area contributed by atoms with Crippen molar-refractivity contribution in [3.63, 3.8) is 0 Å². The molecule has 0 aromatic carbocycles. The predicted octanol–water partition coefficient (Wildman–Crippen LogP) is 1.81. The molecular weight excluding hydrogens is 155 g/mol. The van der Waals surface area contributed by atoms with E-state index in [1.54, 1.807) is 0 Å². The summed E-state index contributed by atoms with van der Waals surface area (Å²) in [6, 6.07) is 0. The molecule has 0 rings (SSSR count). The number of halogens is 1. The molecule has 36 valence electrons. The summed E-state index contributed by atoms with van der Waals surface area (Å²) in [4.78, 5) is 0. The van der Waals surface area contributed by atoms with Crippen LogP contribution in [0.3, 0.4) is 0 Å². The standard InChI is InChI=1S/C4H9.Al.BrH/c1-4(2)3;;/h4H,1H2,2-3H3;;1H. The van der Waals surface area contributed by atoms with Gasteiger partial charge in [0.05, 0.1) is 0 Å². The van der Waals surface area contributed by atoms with Crippen LogP contribution in [0.2, 0.25) is 5.28 Å². The summed E-state index contributed by atoms with van der Waals surface area (Å²) in [7, 11) is 0. The first-order chi connectivity index (χ1) is 2.27. The highest BCUT2D eigenvalue weighted by Gasteiger charge is 1.79. The van der Waals surface area contributed by atoms with E-state index in [0.717, 1.165) is 5.92 Å². The summed E-state index contributed by atoms with van der Waals surface area (Å²) in [5.74, 6) is 0.847. The highest BCUT2D eigenvalue weighted by molar-refractivity contribution is 8.93. The highest BCUT2D eigenvalue weighted by Crippen LogP contribution is 1.92. The number of hydrogen-bond acceptors (Lipinski definition) is 0. The third kappa shape index (κ3) is 8.89. The largest absolute Gasteiger partial charge is 0.118 e. The average molecular weight is 165 g/mol. The predicted molar refractivity (Wildman–Crippen MR) is 35.7 cm³/mol. The van der Waals surface area contributed by atoms with E-state index in [4.69, 9.17) is 0 Å². The number of hydrogen-bond donors (Lipinski definition) is 0. The van der Waals surface area contributed by atoms with Crippen molar-refractivity contribution in [3.8, 4) is 0 Å². The van der Waals surface area contributed by atoms with Gasteiger partial charge in [0.25, 0.3) is 0 Å². The van der Waals surface area contributed by atoms with Crippen LogP contribution in [-0.2, 0) is 0 Å². The van der Waals surface area contributed by atoms with E-state index >= 15 is 0 Å². The van der Waals surface area contributed by atoms with E-state index < -0.39 is 0 Å². The first-order valence-electron chi connectivity index (χ1n) is 1.97. The van der Waals surface area contributed by atoms with Crippen molar-refractivity contribution in [1.82, 2.24) is 0 Å². The van der Waals surface area contributed by atoms with Gasteiger partial charge in [0.2, 0.25) is 0 Å². The van der Waals surface area contributed by atoms with E-state index in [1.807, 2.05) is 0 Å². The monoisotopic (exact) mass is 164 g/mol. The van der Waals surface area contributed by atoms with E-state index in [2.05, 4.69) is 30.1 Å². The minimum atomic E-state index is 0. The zero-order valence-electron chi connectivity index (χ0n) is 4.27. The third-order valence-electron chi connectivity index (χ3n) is 0.471. The van der Waals surface area contributed by atoms with Gasteiger partial charge in [-0.3, -0.25) is 0 Å². The Morgan fingerprint density at radius 3 is 1.67 bits per heavy atom. The molecule has 0 atom stereocenters. The summed E-state index contributed by atoms with van der Waals surface area (Å²) >= 11 is 2.69. The van der Waals surface area contributed by atoms with E-state index in [1.165, 1.54) is 5.28 Å². The van der Waals surface area contributed by atoms with Crippen LogP contribution < -0.4 is 0 Å². The molecule has 0 unspecified atom stereocenters. The average Bonchev–Trinajstić information content (AvgIpc) is 1.38. The topological polar surface area (TPSA) is 0 Å². The second-order valence-electron chi connectivity index (χ2n) is 1.63. The molecule has 0 heterocycles. The molecule has 0 bridgehead atoms. The van der Waals surface area contributed by atoms with Crippen LogP contribution in [0.1, 0.15) is 13.8 Å². The molecule has 0 N–H and O–H groups in total. The lowest BCUT2D eigenvalue weighted by molar-refractivity contribution is 0.735. The molecule has 0 aromatic rings. The van der Waals surface area contributed by atoms with Crippen molar-refractivity contribution in [3.05, 3.63) is 0 Å². The van der Waals surface area contributed by atoms with Crippen LogP contribution in [0.25, 0.3) is 0 Å². The fraction of sp³-hybridized carbons (Fsp3) is 1.00. The Hall–Kier alpha value is 1.01. The lowest BCUT2D eigenvalue weighted by atomic mass is 10.3. The van der Waals surface area contributed by atoms with E-state index in [0.29, 0.717) is 0 Å². The molecule has 0 aliphatic carbocycles. The summed E-state index contributed by atoms with van der Waals surface area (Å²) in [6.45, 7) is 4.40. The third-order valence-corrected chi connectivity index (χ3v) is 1.41. The normalized spacial score (nSPS) is 7.83. The van der Waals surface area contributed by atoms with Gasteiger partial charge in [-0.2, -0.15) is 0 Å². The van der Waals surface area contributed by atoms with Gasteiger partial charge in [0.15, 0.2) is 0 Å². The van der Waals surface area contributed by atoms with Gasteiger partial charge in [-0.05, 0) is 0 Å². The summed E-state index contributed by atoms with van der Waals surface area (Å²) in [6.07, 6.45) is 0. The van der Waals surface area contributed by atoms with Gasteiger partial charge in [0, 0.05) is 0 Å². The lowest BCUT2D eigenvalue weighted by Gasteiger charge is -1.91. The molecule has 0 spiro atoms. The van der Waals surface area contributed by atoms with Crippen molar-refractivity contribution in [1.29, 1.82) is 0 Å². The van der Waals surface area contributed by atoms with Crippen molar-refractivity contribution in [2.75, 3.05) is 0 Å². The van der Waals surface area contributed by atoms with E-state index in [9.17, 15) is 0 Å². The molecule has 0 aliphatic rings. The van der Waals surface area contributed by atoms with Crippen LogP contribution in [0, 0.1) is 5.92 Å². The van der Waals surface area contributed by atoms with Crippen LogP contribution in [0.4, 0.5) is 0 Å². The second kappa shape index (κ2) is 6.01. The Morgan fingerprint density at radius 1 is 1.50 bits per heavy atom. The van der Waals surface area contributed by atoms with Crippen LogP contribution in [0.15, 0.2) is 0 Å². The molecule has 0 saturated heterocycles. The first-order valence-corrected chi connectivity index (χ1v) is 2.79. The Kier molecular flexibility index (Phi) is 10.1. The van der Waals surface area contributed by atoms with Crippen LogP contribution >= 0.6 is 17.0 Å². The Labute approximate surface area is 58.5 Å². The summed E-state index contributed by atoms with van der Waals surface area (Å²) in [5, 5.41) is 1.22. The Balaban J connectivity index is 0. The molecule has 0 aliphatic heterocycles. The van der Waals surface area contributed by atoms with Gasteiger partial charge >= 0.3 is 0 Å². The van der Waals surface area contributed by atoms with Crippen molar-refractivity contribution < 1.29 is 0 Å². The summed E-state index contributed by atoms with van der Waals surface area (Å²) in [5.41, 5.74) is 0. The van der Waals surface area contributed by atoms with Crippen molar-refractivity contribution in [2.24, 2.45) is 5.92 Å². The second-order valence-corrected chi connectivity index (χ2v) is 2.10. The van der Waals surface area contributed by atoms with E-state index in [-0.39, 0.29) is 17.0 Å². The molecule has 0 nitrogen and oxygen atoms in total. The molecule has 2 heteroatoms. The van der Waals surface area contributed by atoms with Gasteiger partial charge in [-0.1, -0.05) is 19.8 Å². The number of rotatable bonds is 1. The van der Waals surface area contributed by atoms with Crippen LogP contribution in [0.5, 0.6) is 0 Å². The maximum absolute atomic E-state index is 2.69. The minimum Gasteiger partial charge on any atom is -0.116 e. The molecule has 0 aromatic heterocycles. The SMILES string of the molecule is Br.CC(C)[CH2][Al]. The maximum atomic E-state index is 2.69. The Bertz CT molecular complexity index is 21.5. The molecule has 0 fully saturated rings. The summed E-state index contributed by atoms with van der Waals surface area (Å²) < 4.78 is 0. The maximum Gasteiger partial charge on any atom is 0.118 e.